The maximum Gasteiger partial charge on any atom is 0.416 e. The van der Waals surface area contributed by atoms with Crippen molar-refractivity contribution in [1.82, 2.24) is 5.32 Å². The number of benzene rings is 1. The predicted octanol–water partition coefficient (Wildman–Crippen LogP) is 3.59. The van der Waals surface area contributed by atoms with Gasteiger partial charge in [-0.15, -0.1) is 0 Å². The summed E-state index contributed by atoms with van der Waals surface area (Å²) in [7, 11) is 0. The number of rotatable bonds is 6. The van der Waals surface area contributed by atoms with Crippen LogP contribution >= 0.6 is 0 Å². The van der Waals surface area contributed by atoms with Gasteiger partial charge in [0.1, 0.15) is 5.41 Å². The lowest BCUT2D eigenvalue weighted by Crippen LogP contribution is -2.40. The minimum absolute atomic E-state index is 0.245. The molecule has 2 amide bonds. The van der Waals surface area contributed by atoms with E-state index in [4.69, 9.17) is 0 Å². The molecule has 0 unspecified atom stereocenters. The predicted molar refractivity (Wildman–Crippen MR) is 84.2 cm³/mol. The first-order valence-electron chi connectivity index (χ1n) is 7.92. The molecule has 1 aliphatic carbocycles. The van der Waals surface area contributed by atoms with E-state index < -0.39 is 23.1 Å². The van der Waals surface area contributed by atoms with E-state index in [1.54, 1.807) is 0 Å². The van der Waals surface area contributed by atoms with E-state index in [1.165, 1.54) is 12.1 Å². The maximum atomic E-state index is 12.5. The normalized spacial score (nSPS) is 15.9. The second-order valence-corrected chi connectivity index (χ2v) is 6.55. The number of hydrogen-bond donors (Lipinski definition) is 2. The van der Waals surface area contributed by atoms with E-state index in [0.29, 0.717) is 25.3 Å². The third-order valence-corrected chi connectivity index (χ3v) is 4.10. The highest BCUT2D eigenvalue weighted by Gasteiger charge is 2.56. The van der Waals surface area contributed by atoms with Gasteiger partial charge >= 0.3 is 6.18 Å². The van der Waals surface area contributed by atoms with Crippen LogP contribution in [0.15, 0.2) is 24.3 Å². The molecule has 2 rings (SSSR count). The van der Waals surface area contributed by atoms with Gasteiger partial charge in [0.2, 0.25) is 11.8 Å². The molecule has 4 nitrogen and oxygen atoms in total. The fourth-order valence-electron chi connectivity index (χ4n) is 2.32. The first-order valence-corrected chi connectivity index (χ1v) is 7.92. The molecule has 0 bridgehead atoms. The van der Waals surface area contributed by atoms with Gasteiger partial charge in [-0.3, -0.25) is 9.59 Å². The standard InChI is InChI=1S/C17H21F3N2O2/c1-11(2)7-10-21-14(23)16(8-9-16)15(24)22-13-5-3-12(4-6-13)17(18,19)20/h3-6,11H,7-10H2,1-2H3,(H,21,23)(H,22,24). The summed E-state index contributed by atoms with van der Waals surface area (Å²) in [4.78, 5) is 24.5. The molecule has 0 atom stereocenters. The number of anilines is 1. The smallest absolute Gasteiger partial charge is 0.355 e. The molecule has 0 aliphatic heterocycles. The van der Waals surface area contributed by atoms with E-state index in [0.717, 1.165) is 18.6 Å². The number of carbonyl (C=O) groups excluding carboxylic acids is 2. The van der Waals surface area contributed by atoms with E-state index in [9.17, 15) is 22.8 Å². The Morgan fingerprint density at radius 1 is 1.12 bits per heavy atom. The lowest BCUT2D eigenvalue weighted by molar-refractivity contribution is -0.137. The van der Waals surface area contributed by atoms with Crippen LogP contribution in [0.1, 0.15) is 38.7 Å². The minimum Gasteiger partial charge on any atom is -0.355 e. The van der Waals surface area contributed by atoms with Crippen molar-refractivity contribution in [2.45, 2.75) is 39.3 Å². The molecule has 7 heteroatoms. The summed E-state index contributed by atoms with van der Waals surface area (Å²) in [5, 5.41) is 5.30. The number of amides is 2. The van der Waals surface area contributed by atoms with Crippen molar-refractivity contribution < 1.29 is 22.8 Å². The largest absolute Gasteiger partial charge is 0.416 e. The number of hydrogen-bond acceptors (Lipinski definition) is 2. The van der Waals surface area contributed by atoms with Crippen molar-refractivity contribution >= 4 is 17.5 Å². The van der Waals surface area contributed by atoms with Crippen LogP contribution in [0.5, 0.6) is 0 Å². The van der Waals surface area contributed by atoms with Crippen molar-refractivity contribution in [3.63, 3.8) is 0 Å². The van der Waals surface area contributed by atoms with Gasteiger partial charge in [-0.2, -0.15) is 13.2 Å². The molecule has 0 saturated heterocycles. The summed E-state index contributed by atoms with van der Waals surface area (Å²) in [6.07, 6.45) is -2.70. The van der Waals surface area contributed by atoms with Crippen molar-refractivity contribution in [3.8, 4) is 0 Å². The Hall–Kier alpha value is -2.05. The molecule has 1 saturated carbocycles. The van der Waals surface area contributed by atoms with Crippen molar-refractivity contribution in [3.05, 3.63) is 29.8 Å². The SMILES string of the molecule is CC(C)CCNC(=O)C1(C(=O)Nc2ccc(C(F)(F)F)cc2)CC1. The molecule has 0 aromatic heterocycles. The zero-order valence-electron chi connectivity index (χ0n) is 13.7. The molecule has 0 radical (unpaired) electrons. The van der Waals surface area contributed by atoms with Crippen LogP contribution in [0.25, 0.3) is 0 Å². The molecule has 2 N–H and O–H groups in total. The lowest BCUT2D eigenvalue weighted by Gasteiger charge is -2.16. The number of nitrogens with one attached hydrogen (secondary N) is 2. The zero-order valence-corrected chi connectivity index (χ0v) is 13.7. The number of halogens is 3. The van der Waals surface area contributed by atoms with Crippen LogP contribution in [0.2, 0.25) is 0 Å². The Kier molecular flexibility index (Phi) is 5.20. The van der Waals surface area contributed by atoms with E-state index >= 15 is 0 Å². The van der Waals surface area contributed by atoms with E-state index in [-0.39, 0.29) is 11.6 Å². The van der Waals surface area contributed by atoms with Gasteiger partial charge in [0.15, 0.2) is 0 Å². The first-order chi connectivity index (χ1) is 11.1. The van der Waals surface area contributed by atoms with Crippen molar-refractivity contribution in [2.24, 2.45) is 11.3 Å². The van der Waals surface area contributed by atoms with Crippen LogP contribution in [0.4, 0.5) is 18.9 Å². The van der Waals surface area contributed by atoms with Gasteiger partial charge in [0.25, 0.3) is 0 Å². The fraction of sp³-hybridized carbons (Fsp3) is 0.529. The van der Waals surface area contributed by atoms with Crippen molar-refractivity contribution in [1.29, 1.82) is 0 Å². The Morgan fingerprint density at radius 3 is 2.17 bits per heavy atom. The maximum absolute atomic E-state index is 12.5. The Labute approximate surface area is 138 Å². The summed E-state index contributed by atoms with van der Waals surface area (Å²) in [5.74, 6) is -0.335. The number of carbonyl (C=O) groups is 2. The van der Waals surface area contributed by atoms with Gasteiger partial charge in [-0.25, -0.2) is 0 Å². The highest BCUT2D eigenvalue weighted by molar-refractivity contribution is 6.13. The molecular formula is C17H21F3N2O2. The summed E-state index contributed by atoms with van der Waals surface area (Å²) in [6, 6.07) is 4.18. The molecule has 1 fully saturated rings. The Morgan fingerprint density at radius 2 is 1.71 bits per heavy atom. The molecule has 0 spiro atoms. The minimum atomic E-state index is -4.42. The summed E-state index contributed by atoms with van der Waals surface area (Å²) < 4.78 is 37.6. The van der Waals surface area contributed by atoms with E-state index in [2.05, 4.69) is 10.6 Å². The Balaban J connectivity index is 1.95. The average molecular weight is 342 g/mol. The van der Waals surface area contributed by atoms with Crippen molar-refractivity contribution in [2.75, 3.05) is 11.9 Å². The third kappa shape index (κ3) is 4.27. The second kappa shape index (κ2) is 6.83. The van der Waals surface area contributed by atoms with Crippen LogP contribution in [0.3, 0.4) is 0 Å². The topological polar surface area (TPSA) is 58.2 Å². The van der Waals surface area contributed by atoms with Gasteiger partial charge in [0, 0.05) is 12.2 Å². The summed E-state index contributed by atoms with van der Waals surface area (Å²) >= 11 is 0. The van der Waals surface area contributed by atoms with Crippen LogP contribution in [-0.4, -0.2) is 18.4 Å². The van der Waals surface area contributed by atoms with Gasteiger partial charge < -0.3 is 10.6 Å². The third-order valence-electron chi connectivity index (χ3n) is 4.10. The fourth-order valence-corrected chi connectivity index (χ4v) is 2.32. The second-order valence-electron chi connectivity index (χ2n) is 6.55. The van der Waals surface area contributed by atoms with Crippen LogP contribution in [0, 0.1) is 11.3 Å². The molecule has 1 aromatic carbocycles. The average Bonchev–Trinajstić information content (AvgIpc) is 3.28. The molecule has 132 valence electrons. The van der Waals surface area contributed by atoms with Crippen LogP contribution < -0.4 is 10.6 Å². The molecule has 1 aliphatic rings. The van der Waals surface area contributed by atoms with Gasteiger partial charge in [-0.05, 0) is 49.4 Å². The number of alkyl halides is 3. The highest BCUT2D eigenvalue weighted by atomic mass is 19.4. The Bertz CT molecular complexity index is 605. The molecule has 24 heavy (non-hydrogen) atoms. The van der Waals surface area contributed by atoms with Gasteiger partial charge in [-0.1, -0.05) is 13.8 Å². The highest BCUT2D eigenvalue weighted by Crippen LogP contribution is 2.47. The molecule has 1 aromatic rings. The summed E-state index contributed by atoms with van der Waals surface area (Å²) in [6.45, 7) is 4.58. The monoisotopic (exact) mass is 342 g/mol. The van der Waals surface area contributed by atoms with Gasteiger partial charge in [0.05, 0.1) is 5.56 Å². The first kappa shape index (κ1) is 18.3. The molecular weight excluding hydrogens is 321 g/mol. The van der Waals surface area contributed by atoms with Crippen LogP contribution in [-0.2, 0) is 15.8 Å². The lowest BCUT2D eigenvalue weighted by atomic mass is 10.0. The molecule has 0 heterocycles. The quantitative estimate of drug-likeness (QED) is 0.776. The zero-order chi connectivity index (χ0) is 18.0. The summed E-state index contributed by atoms with van der Waals surface area (Å²) in [5.41, 5.74) is -1.62. The van der Waals surface area contributed by atoms with E-state index in [1.807, 2.05) is 13.8 Å².